The molecule has 1 aliphatic carbocycles. The average Bonchev–Trinajstić information content (AvgIpc) is 3.18. The summed E-state index contributed by atoms with van der Waals surface area (Å²) in [5.74, 6) is 0.406. The Morgan fingerprint density at radius 1 is 1.08 bits per heavy atom. The van der Waals surface area contributed by atoms with Crippen molar-refractivity contribution in [3.8, 4) is 0 Å². The fraction of sp³-hybridized carbons (Fsp3) is 0.526. The van der Waals surface area contributed by atoms with E-state index >= 15 is 0 Å². The summed E-state index contributed by atoms with van der Waals surface area (Å²) in [6, 6.07) is 10.0. The summed E-state index contributed by atoms with van der Waals surface area (Å²) in [6.07, 6.45) is 4.32. The summed E-state index contributed by atoms with van der Waals surface area (Å²) in [6.45, 7) is 0.827. The highest BCUT2D eigenvalue weighted by atomic mass is 16.2. The molecule has 1 saturated carbocycles. The lowest BCUT2D eigenvalue weighted by Gasteiger charge is -2.31. The SMILES string of the molecule is O=C1NC(=O)[C@@]2(CCN(C(=O)C3CCC(c4ccccc4)CC3)C2)N1. The zero-order valence-corrected chi connectivity index (χ0v) is 14.2. The van der Waals surface area contributed by atoms with Gasteiger partial charge < -0.3 is 10.2 Å². The molecule has 132 valence electrons. The van der Waals surface area contributed by atoms with Gasteiger partial charge in [0.1, 0.15) is 5.54 Å². The summed E-state index contributed by atoms with van der Waals surface area (Å²) < 4.78 is 0. The number of benzene rings is 1. The van der Waals surface area contributed by atoms with Crippen LogP contribution in [0.1, 0.15) is 43.6 Å². The molecule has 6 heteroatoms. The first kappa shape index (κ1) is 16.1. The third-order valence-electron chi connectivity index (χ3n) is 5.94. The van der Waals surface area contributed by atoms with Gasteiger partial charge in [0.15, 0.2) is 0 Å². The molecule has 0 unspecified atom stereocenters. The van der Waals surface area contributed by atoms with Gasteiger partial charge in [0.2, 0.25) is 5.91 Å². The Labute approximate surface area is 147 Å². The van der Waals surface area contributed by atoms with Gasteiger partial charge in [0.05, 0.1) is 6.54 Å². The number of carbonyl (C=O) groups is 3. The second kappa shape index (κ2) is 6.17. The standard InChI is InChI=1S/C19H23N3O3/c23-16(22-11-10-19(12-22)17(24)20-18(25)21-19)15-8-6-14(7-9-15)13-4-2-1-3-5-13/h1-5,14-15H,6-12H2,(H2,20,21,24,25)/t14?,15?,19-/m0/s1. The number of urea groups is 1. The third kappa shape index (κ3) is 2.90. The summed E-state index contributed by atoms with van der Waals surface area (Å²) in [5.41, 5.74) is 0.451. The third-order valence-corrected chi connectivity index (χ3v) is 5.94. The van der Waals surface area contributed by atoms with Crippen molar-refractivity contribution < 1.29 is 14.4 Å². The first-order valence-electron chi connectivity index (χ1n) is 9.05. The summed E-state index contributed by atoms with van der Waals surface area (Å²) in [7, 11) is 0. The van der Waals surface area contributed by atoms with Gasteiger partial charge in [-0.25, -0.2) is 4.79 Å². The van der Waals surface area contributed by atoms with Crippen molar-refractivity contribution in [1.29, 1.82) is 0 Å². The highest BCUT2D eigenvalue weighted by molar-refractivity contribution is 6.07. The molecule has 1 atom stereocenters. The maximum Gasteiger partial charge on any atom is 0.322 e. The Hall–Kier alpha value is -2.37. The first-order chi connectivity index (χ1) is 12.1. The largest absolute Gasteiger partial charge is 0.339 e. The van der Waals surface area contributed by atoms with E-state index in [4.69, 9.17) is 0 Å². The zero-order valence-electron chi connectivity index (χ0n) is 14.2. The lowest BCUT2D eigenvalue weighted by atomic mass is 9.78. The molecule has 1 spiro atoms. The Morgan fingerprint density at radius 2 is 1.80 bits per heavy atom. The Balaban J connectivity index is 1.36. The maximum atomic E-state index is 12.9. The highest BCUT2D eigenvalue weighted by Crippen LogP contribution is 2.37. The van der Waals surface area contributed by atoms with Crippen LogP contribution >= 0.6 is 0 Å². The minimum absolute atomic E-state index is 0.0373. The topological polar surface area (TPSA) is 78.5 Å². The summed E-state index contributed by atoms with van der Waals surface area (Å²) >= 11 is 0. The average molecular weight is 341 g/mol. The Morgan fingerprint density at radius 3 is 2.44 bits per heavy atom. The van der Waals surface area contributed by atoms with Crippen LogP contribution in [0.15, 0.2) is 30.3 Å². The van der Waals surface area contributed by atoms with Crippen LogP contribution in [0.25, 0.3) is 0 Å². The van der Waals surface area contributed by atoms with Crippen LogP contribution in [0.2, 0.25) is 0 Å². The molecule has 0 aromatic heterocycles. The maximum absolute atomic E-state index is 12.9. The number of imide groups is 1. The molecule has 3 fully saturated rings. The van der Waals surface area contributed by atoms with E-state index in [-0.39, 0.29) is 17.7 Å². The van der Waals surface area contributed by atoms with E-state index in [2.05, 4.69) is 34.9 Å². The molecule has 4 amide bonds. The Kier molecular flexibility index (Phi) is 3.98. The minimum atomic E-state index is -0.909. The molecule has 4 rings (SSSR count). The van der Waals surface area contributed by atoms with Crippen molar-refractivity contribution in [2.75, 3.05) is 13.1 Å². The van der Waals surface area contributed by atoms with Gasteiger partial charge >= 0.3 is 6.03 Å². The van der Waals surface area contributed by atoms with Crippen molar-refractivity contribution in [2.45, 2.75) is 43.6 Å². The quantitative estimate of drug-likeness (QED) is 0.805. The van der Waals surface area contributed by atoms with E-state index in [1.165, 1.54) is 5.56 Å². The zero-order chi connectivity index (χ0) is 17.4. The van der Waals surface area contributed by atoms with Crippen LogP contribution in [-0.2, 0) is 9.59 Å². The Bertz CT molecular complexity index is 697. The van der Waals surface area contributed by atoms with E-state index in [0.29, 0.717) is 25.4 Å². The monoisotopic (exact) mass is 341 g/mol. The van der Waals surface area contributed by atoms with Crippen molar-refractivity contribution in [2.24, 2.45) is 5.92 Å². The van der Waals surface area contributed by atoms with Crippen LogP contribution in [0.4, 0.5) is 4.79 Å². The van der Waals surface area contributed by atoms with E-state index in [1.54, 1.807) is 4.90 Å². The summed E-state index contributed by atoms with van der Waals surface area (Å²) in [5, 5.41) is 4.99. The lowest BCUT2D eigenvalue weighted by molar-refractivity contribution is -0.136. The van der Waals surface area contributed by atoms with E-state index < -0.39 is 11.6 Å². The second-order valence-corrected chi connectivity index (χ2v) is 7.46. The smallest absolute Gasteiger partial charge is 0.322 e. The van der Waals surface area contributed by atoms with Gasteiger partial charge in [0, 0.05) is 12.5 Å². The highest BCUT2D eigenvalue weighted by Gasteiger charge is 2.52. The van der Waals surface area contributed by atoms with Crippen LogP contribution < -0.4 is 10.6 Å². The number of hydrogen-bond donors (Lipinski definition) is 2. The van der Waals surface area contributed by atoms with Gasteiger partial charge in [-0.1, -0.05) is 30.3 Å². The van der Waals surface area contributed by atoms with E-state index in [1.807, 2.05) is 6.07 Å². The molecular formula is C19H23N3O3. The number of carbonyl (C=O) groups excluding carboxylic acids is 3. The predicted molar refractivity (Wildman–Crippen MR) is 91.7 cm³/mol. The number of nitrogens with one attached hydrogen (secondary N) is 2. The van der Waals surface area contributed by atoms with Crippen LogP contribution in [0, 0.1) is 5.92 Å². The molecule has 6 nitrogen and oxygen atoms in total. The van der Waals surface area contributed by atoms with Crippen LogP contribution in [0.5, 0.6) is 0 Å². The van der Waals surface area contributed by atoms with Gasteiger partial charge in [-0.3, -0.25) is 14.9 Å². The molecule has 0 radical (unpaired) electrons. The van der Waals surface area contributed by atoms with Crippen molar-refractivity contribution in [3.63, 3.8) is 0 Å². The lowest BCUT2D eigenvalue weighted by Crippen LogP contribution is -2.50. The van der Waals surface area contributed by atoms with E-state index in [0.717, 1.165) is 25.7 Å². The minimum Gasteiger partial charge on any atom is -0.339 e. The predicted octanol–water partition coefficient (Wildman–Crippen LogP) is 1.77. The first-order valence-corrected chi connectivity index (χ1v) is 9.05. The normalized spacial score (nSPS) is 31.9. The molecule has 1 aromatic rings. The molecule has 3 aliphatic rings. The number of rotatable bonds is 2. The molecule has 2 N–H and O–H groups in total. The van der Waals surface area contributed by atoms with Crippen molar-refractivity contribution in [3.05, 3.63) is 35.9 Å². The van der Waals surface area contributed by atoms with Crippen LogP contribution in [-0.4, -0.2) is 41.4 Å². The molecule has 1 aromatic carbocycles. The van der Waals surface area contributed by atoms with Gasteiger partial charge in [0.25, 0.3) is 5.91 Å². The number of nitrogens with zero attached hydrogens (tertiary/aromatic N) is 1. The molecule has 2 saturated heterocycles. The molecular weight excluding hydrogens is 318 g/mol. The molecule has 0 bridgehead atoms. The second-order valence-electron chi connectivity index (χ2n) is 7.46. The number of hydrogen-bond acceptors (Lipinski definition) is 3. The summed E-state index contributed by atoms with van der Waals surface area (Å²) in [4.78, 5) is 38.1. The van der Waals surface area contributed by atoms with Crippen molar-refractivity contribution >= 4 is 17.8 Å². The fourth-order valence-electron chi connectivity index (χ4n) is 4.47. The molecule has 2 heterocycles. The van der Waals surface area contributed by atoms with Gasteiger partial charge in [-0.05, 0) is 43.6 Å². The number of likely N-dealkylation sites (tertiary alicyclic amines) is 1. The molecule has 2 aliphatic heterocycles. The number of amides is 4. The van der Waals surface area contributed by atoms with Crippen LogP contribution in [0.3, 0.4) is 0 Å². The van der Waals surface area contributed by atoms with E-state index in [9.17, 15) is 14.4 Å². The van der Waals surface area contributed by atoms with Gasteiger partial charge in [-0.15, -0.1) is 0 Å². The fourth-order valence-corrected chi connectivity index (χ4v) is 4.47. The van der Waals surface area contributed by atoms with Crippen molar-refractivity contribution in [1.82, 2.24) is 15.5 Å². The van der Waals surface area contributed by atoms with Gasteiger partial charge in [-0.2, -0.15) is 0 Å². The molecule has 25 heavy (non-hydrogen) atoms.